The molecule has 16 heavy (non-hydrogen) atoms. The Kier molecular flexibility index (Phi) is 5.01. The van der Waals surface area contributed by atoms with Crippen LogP contribution in [0.3, 0.4) is 0 Å². The van der Waals surface area contributed by atoms with E-state index in [1.54, 1.807) is 13.2 Å². The normalized spacial score (nSPS) is 10.4. The number of hydrogen-bond acceptors (Lipinski definition) is 4. The molecule has 1 aromatic heterocycles. The zero-order chi connectivity index (χ0) is 12.0. The van der Waals surface area contributed by atoms with Gasteiger partial charge in [-0.1, -0.05) is 0 Å². The van der Waals surface area contributed by atoms with Gasteiger partial charge in [-0.15, -0.1) is 0 Å². The van der Waals surface area contributed by atoms with Crippen molar-refractivity contribution in [1.82, 2.24) is 4.90 Å². The number of carbonyl (C=O) groups excluding carboxylic acids is 1. The molecule has 0 aromatic carbocycles. The van der Waals surface area contributed by atoms with Gasteiger partial charge in [-0.2, -0.15) is 0 Å². The zero-order valence-electron chi connectivity index (χ0n) is 9.60. The topological polar surface area (TPSA) is 62.9 Å². The zero-order valence-corrected chi connectivity index (χ0v) is 9.60. The maximum absolute atomic E-state index is 12.0. The summed E-state index contributed by atoms with van der Waals surface area (Å²) in [5.41, 5.74) is 0.797. The summed E-state index contributed by atoms with van der Waals surface area (Å²) in [7, 11) is 1.57. The van der Waals surface area contributed by atoms with Crippen molar-refractivity contribution < 1.29 is 19.1 Å². The molecule has 0 aliphatic heterocycles. The molecule has 0 aliphatic carbocycles. The first-order valence-electron chi connectivity index (χ1n) is 5.14. The number of ether oxygens (including phenoxy) is 1. The Morgan fingerprint density at radius 1 is 1.56 bits per heavy atom. The predicted octanol–water partition coefficient (Wildman–Crippen LogP) is 0.669. The molecule has 0 radical (unpaired) electrons. The molecule has 0 aliphatic rings. The third-order valence-corrected chi connectivity index (χ3v) is 2.28. The largest absolute Gasteiger partial charge is 0.459 e. The molecule has 1 aromatic rings. The standard InChI is InChI=1S/C11H17NO4/c1-9-3-7-16-10(9)11(14)12(4-6-13)5-8-15-2/h3,7,13H,4-6,8H2,1-2H3. The van der Waals surface area contributed by atoms with E-state index in [-0.39, 0.29) is 19.1 Å². The fourth-order valence-electron chi connectivity index (χ4n) is 1.37. The van der Waals surface area contributed by atoms with Gasteiger partial charge in [0, 0.05) is 25.8 Å². The second-order valence-corrected chi connectivity index (χ2v) is 3.44. The van der Waals surface area contributed by atoms with E-state index >= 15 is 0 Å². The van der Waals surface area contributed by atoms with Crippen LogP contribution in [-0.4, -0.2) is 49.3 Å². The van der Waals surface area contributed by atoms with Crippen LogP contribution < -0.4 is 0 Å². The van der Waals surface area contributed by atoms with E-state index in [1.165, 1.54) is 11.2 Å². The Morgan fingerprint density at radius 2 is 2.31 bits per heavy atom. The van der Waals surface area contributed by atoms with Crippen LogP contribution in [0.5, 0.6) is 0 Å². The number of aliphatic hydroxyl groups excluding tert-OH is 1. The Balaban J connectivity index is 2.70. The number of aliphatic hydroxyl groups is 1. The molecule has 0 saturated heterocycles. The minimum Gasteiger partial charge on any atom is -0.459 e. The van der Waals surface area contributed by atoms with Crippen LogP contribution >= 0.6 is 0 Å². The second kappa shape index (κ2) is 6.30. The predicted molar refractivity (Wildman–Crippen MR) is 58.3 cm³/mol. The van der Waals surface area contributed by atoms with Gasteiger partial charge < -0.3 is 19.2 Å². The molecule has 90 valence electrons. The van der Waals surface area contributed by atoms with Crippen molar-refractivity contribution in [2.24, 2.45) is 0 Å². The van der Waals surface area contributed by atoms with Gasteiger partial charge in [0.2, 0.25) is 0 Å². The van der Waals surface area contributed by atoms with Crippen LogP contribution in [-0.2, 0) is 4.74 Å². The number of methoxy groups -OCH3 is 1. The number of rotatable bonds is 6. The molecule has 1 amide bonds. The molecule has 0 saturated carbocycles. The van der Waals surface area contributed by atoms with Gasteiger partial charge in [0.25, 0.3) is 5.91 Å². The molecule has 5 nitrogen and oxygen atoms in total. The fraction of sp³-hybridized carbons (Fsp3) is 0.545. The number of nitrogens with zero attached hydrogens (tertiary/aromatic N) is 1. The average molecular weight is 227 g/mol. The summed E-state index contributed by atoms with van der Waals surface area (Å²) in [6, 6.07) is 1.74. The molecule has 0 spiro atoms. The molecule has 5 heteroatoms. The highest BCUT2D eigenvalue weighted by Crippen LogP contribution is 2.11. The molecule has 0 fully saturated rings. The lowest BCUT2D eigenvalue weighted by Crippen LogP contribution is -2.36. The number of amides is 1. The Morgan fingerprint density at radius 3 is 2.81 bits per heavy atom. The Bertz CT molecular complexity index is 334. The van der Waals surface area contributed by atoms with E-state index in [0.717, 1.165) is 5.56 Å². The third kappa shape index (κ3) is 3.08. The number of carbonyl (C=O) groups is 1. The summed E-state index contributed by atoms with van der Waals surface area (Å²) in [6.45, 7) is 2.89. The van der Waals surface area contributed by atoms with Gasteiger partial charge in [-0.25, -0.2) is 0 Å². The molecule has 0 unspecified atom stereocenters. The number of hydrogen-bond donors (Lipinski definition) is 1. The maximum atomic E-state index is 12.0. The molecule has 1 N–H and O–H groups in total. The van der Waals surface area contributed by atoms with E-state index in [2.05, 4.69) is 0 Å². The maximum Gasteiger partial charge on any atom is 0.289 e. The molecule has 1 heterocycles. The first kappa shape index (κ1) is 12.7. The van der Waals surface area contributed by atoms with Crippen LogP contribution in [0.1, 0.15) is 16.1 Å². The van der Waals surface area contributed by atoms with Gasteiger partial charge in [0.15, 0.2) is 5.76 Å². The summed E-state index contributed by atoms with van der Waals surface area (Å²) < 4.78 is 10.0. The van der Waals surface area contributed by atoms with Crippen molar-refractivity contribution in [3.8, 4) is 0 Å². The monoisotopic (exact) mass is 227 g/mol. The first-order chi connectivity index (χ1) is 7.70. The van der Waals surface area contributed by atoms with Crippen molar-refractivity contribution in [2.45, 2.75) is 6.92 Å². The molecule has 0 bridgehead atoms. The smallest absolute Gasteiger partial charge is 0.289 e. The van der Waals surface area contributed by atoms with Crippen molar-refractivity contribution in [1.29, 1.82) is 0 Å². The Hall–Kier alpha value is -1.33. The molecular formula is C11H17NO4. The summed E-state index contributed by atoms with van der Waals surface area (Å²) in [5, 5.41) is 8.89. The fourth-order valence-corrected chi connectivity index (χ4v) is 1.37. The van der Waals surface area contributed by atoms with Crippen molar-refractivity contribution in [3.63, 3.8) is 0 Å². The molecule has 1 rings (SSSR count). The number of aryl methyl sites for hydroxylation is 1. The average Bonchev–Trinajstić information content (AvgIpc) is 2.69. The minimum atomic E-state index is -0.214. The van der Waals surface area contributed by atoms with Gasteiger partial charge in [0.1, 0.15) is 0 Å². The van der Waals surface area contributed by atoms with Crippen LogP contribution in [0.25, 0.3) is 0 Å². The second-order valence-electron chi connectivity index (χ2n) is 3.44. The van der Waals surface area contributed by atoms with E-state index < -0.39 is 0 Å². The van der Waals surface area contributed by atoms with Crippen molar-refractivity contribution in [2.75, 3.05) is 33.4 Å². The lowest BCUT2D eigenvalue weighted by Gasteiger charge is -2.20. The van der Waals surface area contributed by atoms with Gasteiger partial charge in [-0.05, 0) is 13.0 Å². The van der Waals surface area contributed by atoms with Crippen LogP contribution in [0, 0.1) is 6.92 Å². The minimum absolute atomic E-state index is 0.0742. The summed E-state index contributed by atoms with van der Waals surface area (Å²) >= 11 is 0. The highest BCUT2D eigenvalue weighted by Gasteiger charge is 2.19. The van der Waals surface area contributed by atoms with Gasteiger partial charge >= 0.3 is 0 Å². The molecular weight excluding hydrogens is 210 g/mol. The lowest BCUT2D eigenvalue weighted by molar-refractivity contribution is 0.0625. The van der Waals surface area contributed by atoms with Crippen molar-refractivity contribution >= 4 is 5.91 Å². The van der Waals surface area contributed by atoms with E-state index in [1.807, 2.05) is 6.92 Å². The number of furan rings is 1. The van der Waals surface area contributed by atoms with Gasteiger partial charge in [-0.3, -0.25) is 4.79 Å². The van der Waals surface area contributed by atoms with Gasteiger partial charge in [0.05, 0.1) is 19.5 Å². The summed E-state index contributed by atoms with van der Waals surface area (Å²) in [6.07, 6.45) is 1.48. The first-order valence-corrected chi connectivity index (χ1v) is 5.14. The van der Waals surface area contributed by atoms with Crippen LogP contribution in [0.15, 0.2) is 16.7 Å². The van der Waals surface area contributed by atoms with E-state index in [9.17, 15) is 4.79 Å². The van der Waals surface area contributed by atoms with E-state index in [0.29, 0.717) is 18.9 Å². The quantitative estimate of drug-likeness (QED) is 0.775. The Labute approximate surface area is 94.6 Å². The highest BCUT2D eigenvalue weighted by molar-refractivity contribution is 5.92. The van der Waals surface area contributed by atoms with Crippen LogP contribution in [0.2, 0.25) is 0 Å². The molecule has 0 atom stereocenters. The van der Waals surface area contributed by atoms with E-state index in [4.69, 9.17) is 14.3 Å². The summed E-state index contributed by atoms with van der Waals surface area (Å²) in [4.78, 5) is 13.5. The summed E-state index contributed by atoms with van der Waals surface area (Å²) in [5.74, 6) is 0.109. The van der Waals surface area contributed by atoms with Crippen LogP contribution in [0.4, 0.5) is 0 Å². The third-order valence-electron chi connectivity index (χ3n) is 2.28. The van der Waals surface area contributed by atoms with Crippen molar-refractivity contribution in [3.05, 3.63) is 23.7 Å². The highest BCUT2D eigenvalue weighted by atomic mass is 16.5. The lowest BCUT2D eigenvalue weighted by atomic mass is 10.2. The SMILES string of the molecule is COCCN(CCO)C(=O)c1occc1C.